The lowest BCUT2D eigenvalue weighted by atomic mass is 10.1. The van der Waals surface area contributed by atoms with Crippen LogP contribution in [0.2, 0.25) is 0 Å². The van der Waals surface area contributed by atoms with E-state index < -0.39 is 0 Å². The van der Waals surface area contributed by atoms with Gasteiger partial charge in [0.1, 0.15) is 5.76 Å². The summed E-state index contributed by atoms with van der Waals surface area (Å²) in [6, 6.07) is 10.0. The predicted octanol–water partition coefficient (Wildman–Crippen LogP) is 3.40. The first-order valence-corrected chi connectivity index (χ1v) is 5.86. The third-order valence-electron chi connectivity index (χ3n) is 3.14. The fourth-order valence-corrected chi connectivity index (χ4v) is 1.93. The molecule has 1 aromatic carbocycles. The van der Waals surface area contributed by atoms with Crippen LogP contribution in [-0.4, -0.2) is 7.05 Å². The Balaban J connectivity index is 2.19. The molecule has 0 aliphatic rings. The Bertz CT molecular complexity index is 593. The molecule has 0 unspecified atom stereocenters. The first kappa shape index (κ1) is 12.3. The van der Waals surface area contributed by atoms with Crippen molar-refractivity contribution in [1.82, 2.24) is 0 Å². The van der Waals surface area contributed by atoms with E-state index in [2.05, 4.69) is 11.0 Å². The lowest BCUT2D eigenvalue weighted by Crippen LogP contribution is -2.16. The summed E-state index contributed by atoms with van der Waals surface area (Å²) < 4.78 is 5.29. The first-order valence-electron chi connectivity index (χ1n) is 5.86. The zero-order valence-electron chi connectivity index (χ0n) is 10.9. The van der Waals surface area contributed by atoms with Crippen LogP contribution in [0.4, 0.5) is 5.69 Å². The second kappa shape index (κ2) is 4.97. The lowest BCUT2D eigenvalue weighted by Gasteiger charge is -2.19. The maximum atomic E-state index is 8.92. The molecule has 2 rings (SSSR count). The molecule has 0 bridgehead atoms. The maximum Gasteiger partial charge on any atom is 0.105 e. The minimum absolute atomic E-state index is 0.728. The molecule has 0 radical (unpaired) electrons. The number of hydrogen-bond acceptors (Lipinski definition) is 3. The summed E-state index contributed by atoms with van der Waals surface area (Å²) in [7, 11) is 2.03. The van der Waals surface area contributed by atoms with Crippen molar-refractivity contribution >= 4 is 5.69 Å². The largest absolute Gasteiger partial charge is 0.469 e. The standard InChI is InChI=1S/C15H16N2O/c1-11-8-15(5-4-13(11)9-16)17(3)10-14-6-7-18-12(14)2/h4-8H,10H2,1-3H3. The molecule has 2 aromatic rings. The van der Waals surface area contributed by atoms with Gasteiger partial charge in [-0.3, -0.25) is 0 Å². The molecule has 1 aromatic heterocycles. The molecule has 3 heteroatoms. The van der Waals surface area contributed by atoms with Gasteiger partial charge in [0.15, 0.2) is 0 Å². The predicted molar refractivity (Wildman–Crippen MR) is 71.4 cm³/mol. The summed E-state index contributed by atoms with van der Waals surface area (Å²) in [4.78, 5) is 2.14. The van der Waals surface area contributed by atoms with Gasteiger partial charge in [-0.15, -0.1) is 0 Å². The molecule has 0 atom stereocenters. The Labute approximate surface area is 107 Å². The summed E-state index contributed by atoms with van der Waals surface area (Å²) >= 11 is 0. The minimum Gasteiger partial charge on any atom is -0.469 e. The van der Waals surface area contributed by atoms with Crippen molar-refractivity contribution in [1.29, 1.82) is 5.26 Å². The van der Waals surface area contributed by atoms with Gasteiger partial charge in [-0.2, -0.15) is 5.26 Å². The third-order valence-corrected chi connectivity index (χ3v) is 3.14. The van der Waals surface area contributed by atoms with E-state index in [1.165, 1.54) is 5.56 Å². The van der Waals surface area contributed by atoms with Crippen LogP contribution in [0.15, 0.2) is 34.9 Å². The highest BCUT2D eigenvalue weighted by atomic mass is 16.3. The molecule has 0 fully saturated rings. The molecule has 3 nitrogen and oxygen atoms in total. The highest BCUT2D eigenvalue weighted by molar-refractivity contribution is 5.53. The Kier molecular flexibility index (Phi) is 3.38. The van der Waals surface area contributed by atoms with Crippen LogP contribution in [0.3, 0.4) is 0 Å². The molecule has 0 saturated heterocycles. The molecule has 0 spiro atoms. The zero-order chi connectivity index (χ0) is 13.1. The van der Waals surface area contributed by atoms with Crippen molar-refractivity contribution < 1.29 is 4.42 Å². The van der Waals surface area contributed by atoms with Crippen molar-refractivity contribution in [3.8, 4) is 6.07 Å². The third kappa shape index (κ3) is 2.38. The van der Waals surface area contributed by atoms with Crippen LogP contribution >= 0.6 is 0 Å². The Morgan fingerprint density at radius 3 is 2.61 bits per heavy atom. The fraction of sp³-hybridized carbons (Fsp3) is 0.267. The number of benzene rings is 1. The average Bonchev–Trinajstić information content (AvgIpc) is 2.75. The van der Waals surface area contributed by atoms with E-state index >= 15 is 0 Å². The quantitative estimate of drug-likeness (QED) is 0.825. The average molecular weight is 240 g/mol. The monoisotopic (exact) mass is 240 g/mol. The van der Waals surface area contributed by atoms with E-state index in [1.807, 2.05) is 45.2 Å². The second-order valence-corrected chi connectivity index (χ2v) is 4.47. The summed E-state index contributed by atoms with van der Waals surface area (Å²) in [5, 5.41) is 8.92. The summed E-state index contributed by atoms with van der Waals surface area (Å²) in [6.07, 6.45) is 1.71. The number of nitriles is 1. The van der Waals surface area contributed by atoms with Crippen molar-refractivity contribution in [2.24, 2.45) is 0 Å². The van der Waals surface area contributed by atoms with Gasteiger partial charge in [-0.1, -0.05) is 0 Å². The van der Waals surface area contributed by atoms with E-state index in [9.17, 15) is 0 Å². The lowest BCUT2D eigenvalue weighted by molar-refractivity contribution is 0.529. The topological polar surface area (TPSA) is 40.2 Å². The molecule has 0 aliphatic heterocycles. The molecule has 0 N–H and O–H groups in total. The zero-order valence-corrected chi connectivity index (χ0v) is 10.9. The van der Waals surface area contributed by atoms with E-state index in [0.29, 0.717) is 0 Å². The van der Waals surface area contributed by atoms with Gasteiger partial charge in [-0.05, 0) is 43.7 Å². The van der Waals surface area contributed by atoms with Crippen LogP contribution < -0.4 is 4.90 Å². The van der Waals surface area contributed by atoms with Gasteiger partial charge in [0.05, 0.1) is 17.9 Å². The van der Waals surface area contributed by atoms with Gasteiger partial charge in [0, 0.05) is 24.8 Å². The van der Waals surface area contributed by atoms with Crippen molar-refractivity contribution in [3.05, 3.63) is 53.0 Å². The van der Waals surface area contributed by atoms with Crippen LogP contribution in [0, 0.1) is 25.2 Å². The minimum atomic E-state index is 0.728. The summed E-state index contributed by atoms with van der Waals surface area (Å²) in [5.41, 5.74) is 4.02. The van der Waals surface area contributed by atoms with E-state index in [0.717, 1.165) is 29.1 Å². The van der Waals surface area contributed by atoms with Gasteiger partial charge < -0.3 is 9.32 Å². The molecular weight excluding hydrogens is 224 g/mol. The van der Waals surface area contributed by atoms with Crippen LogP contribution in [-0.2, 0) is 6.54 Å². The smallest absolute Gasteiger partial charge is 0.105 e. The van der Waals surface area contributed by atoms with Gasteiger partial charge in [0.2, 0.25) is 0 Å². The van der Waals surface area contributed by atoms with Crippen molar-refractivity contribution in [2.75, 3.05) is 11.9 Å². The SMILES string of the molecule is Cc1cc(N(C)Cc2ccoc2C)ccc1C#N. The molecule has 0 aliphatic carbocycles. The normalized spacial score (nSPS) is 10.1. The molecular formula is C15H16N2O. The molecule has 0 saturated carbocycles. The van der Waals surface area contributed by atoms with Gasteiger partial charge in [0.25, 0.3) is 0 Å². The van der Waals surface area contributed by atoms with E-state index in [4.69, 9.17) is 9.68 Å². The number of aryl methyl sites for hydroxylation is 2. The fourth-order valence-electron chi connectivity index (χ4n) is 1.93. The molecule has 1 heterocycles. The van der Waals surface area contributed by atoms with E-state index in [1.54, 1.807) is 6.26 Å². The second-order valence-electron chi connectivity index (χ2n) is 4.47. The van der Waals surface area contributed by atoms with Gasteiger partial charge >= 0.3 is 0 Å². The van der Waals surface area contributed by atoms with Crippen molar-refractivity contribution in [3.63, 3.8) is 0 Å². The highest BCUT2D eigenvalue weighted by Crippen LogP contribution is 2.20. The van der Waals surface area contributed by atoms with Crippen molar-refractivity contribution in [2.45, 2.75) is 20.4 Å². The molecule has 18 heavy (non-hydrogen) atoms. The van der Waals surface area contributed by atoms with Crippen LogP contribution in [0.5, 0.6) is 0 Å². The Morgan fingerprint density at radius 1 is 1.28 bits per heavy atom. The summed E-state index contributed by atoms with van der Waals surface area (Å²) in [5.74, 6) is 0.951. The number of rotatable bonds is 3. The Morgan fingerprint density at radius 2 is 2.06 bits per heavy atom. The van der Waals surface area contributed by atoms with Crippen LogP contribution in [0.25, 0.3) is 0 Å². The Hall–Kier alpha value is -2.21. The van der Waals surface area contributed by atoms with E-state index in [-0.39, 0.29) is 0 Å². The maximum absolute atomic E-state index is 8.92. The summed E-state index contributed by atoms with van der Waals surface area (Å²) in [6.45, 7) is 4.72. The molecule has 92 valence electrons. The number of anilines is 1. The first-order chi connectivity index (χ1) is 8.61. The molecule has 0 amide bonds. The van der Waals surface area contributed by atoms with Gasteiger partial charge in [-0.25, -0.2) is 0 Å². The number of furan rings is 1. The number of hydrogen-bond donors (Lipinski definition) is 0. The van der Waals surface area contributed by atoms with Crippen LogP contribution in [0.1, 0.15) is 22.5 Å². The highest BCUT2D eigenvalue weighted by Gasteiger charge is 2.07. The number of nitrogens with zero attached hydrogens (tertiary/aromatic N) is 2.